The van der Waals surface area contributed by atoms with E-state index in [0.29, 0.717) is 37.7 Å². The fourth-order valence-corrected chi connectivity index (χ4v) is 3.25. The molecule has 0 saturated carbocycles. The zero-order valence-electron chi connectivity index (χ0n) is 13.9. The van der Waals surface area contributed by atoms with Crippen LogP contribution in [0.4, 0.5) is 11.5 Å². The number of nitrogens with zero attached hydrogens (tertiary/aromatic N) is 2. The van der Waals surface area contributed by atoms with Gasteiger partial charge >= 0.3 is 0 Å². The number of carbonyl (C=O) groups excluding carboxylic acids is 1. The van der Waals surface area contributed by atoms with Crippen LogP contribution < -0.4 is 10.2 Å². The molecule has 0 spiro atoms. The lowest BCUT2D eigenvalue weighted by molar-refractivity contribution is -0.128. The SMILES string of the molecule is O=C(c1ccc(NCC2(CO)COC2)nc1)N1CCc2ccccc21. The number of amides is 1. The molecule has 0 radical (unpaired) electrons. The number of ether oxygens (including phenoxy) is 1. The number of hydrogen-bond acceptors (Lipinski definition) is 5. The molecule has 4 rings (SSSR count). The van der Waals surface area contributed by atoms with E-state index in [1.165, 1.54) is 5.56 Å². The van der Waals surface area contributed by atoms with Gasteiger partial charge in [-0.1, -0.05) is 18.2 Å². The topological polar surface area (TPSA) is 74.7 Å². The number of rotatable bonds is 5. The van der Waals surface area contributed by atoms with Crippen molar-refractivity contribution in [3.63, 3.8) is 0 Å². The van der Waals surface area contributed by atoms with Gasteiger partial charge in [-0.05, 0) is 30.2 Å². The van der Waals surface area contributed by atoms with Gasteiger partial charge in [0.1, 0.15) is 5.82 Å². The van der Waals surface area contributed by atoms with Crippen LogP contribution in [0.2, 0.25) is 0 Å². The largest absolute Gasteiger partial charge is 0.396 e. The van der Waals surface area contributed by atoms with E-state index in [9.17, 15) is 9.90 Å². The molecule has 2 aromatic rings. The Bertz CT molecular complexity index is 766. The molecule has 2 N–H and O–H groups in total. The van der Waals surface area contributed by atoms with Crippen molar-refractivity contribution in [2.45, 2.75) is 6.42 Å². The molecule has 0 atom stereocenters. The van der Waals surface area contributed by atoms with Crippen molar-refractivity contribution < 1.29 is 14.6 Å². The van der Waals surface area contributed by atoms with Crippen LogP contribution in [0.15, 0.2) is 42.6 Å². The molecular weight excluding hydrogens is 318 g/mol. The number of pyridine rings is 1. The van der Waals surface area contributed by atoms with Crippen molar-refractivity contribution in [2.24, 2.45) is 5.41 Å². The number of aliphatic hydroxyl groups is 1. The quantitative estimate of drug-likeness (QED) is 0.867. The summed E-state index contributed by atoms with van der Waals surface area (Å²) in [6.45, 7) is 2.51. The first-order valence-corrected chi connectivity index (χ1v) is 8.49. The third-order valence-electron chi connectivity index (χ3n) is 4.94. The smallest absolute Gasteiger partial charge is 0.259 e. The Morgan fingerprint density at radius 1 is 1.28 bits per heavy atom. The first-order chi connectivity index (χ1) is 12.2. The van der Waals surface area contributed by atoms with Gasteiger partial charge in [-0.25, -0.2) is 4.98 Å². The zero-order valence-corrected chi connectivity index (χ0v) is 13.9. The molecule has 130 valence electrons. The predicted octanol–water partition coefficient (Wildman–Crippen LogP) is 1.71. The molecule has 0 unspecified atom stereocenters. The fraction of sp³-hybridized carbons (Fsp3) is 0.368. The monoisotopic (exact) mass is 339 g/mol. The minimum atomic E-state index is -0.213. The Morgan fingerprint density at radius 2 is 2.12 bits per heavy atom. The lowest BCUT2D eigenvalue weighted by Gasteiger charge is -2.39. The van der Waals surface area contributed by atoms with E-state index in [1.807, 2.05) is 23.1 Å². The van der Waals surface area contributed by atoms with Gasteiger partial charge in [0, 0.05) is 25.0 Å². The maximum Gasteiger partial charge on any atom is 0.259 e. The van der Waals surface area contributed by atoms with Crippen molar-refractivity contribution in [3.05, 3.63) is 53.7 Å². The summed E-state index contributed by atoms with van der Waals surface area (Å²) in [6, 6.07) is 11.6. The number of fused-ring (bicyclic) bond motifs is 1. The molecule has 3 heterocycles. The molecule has 2 aliphatic heterocycles. The second kappa shape index (κ2) is 6.46. The van der Waals surface area contributed by atoms with Crippen LogP contribution in [0.3, 0.4) is 0 Å². The number of aromatic nitrogens is 1. The number of benzene rings is 1. The van der Waals surface area contributed by atoms with Crippen LogP contribution in [-0.4, -0.2) is 48.9 Å². The van der Waals surface area contributed by atoms with E-state index in [0.717, 1.165) is 12.1 Å². The minimum Gasteiger partial charge on any atom is -0.396 e. The van der Waals surface area contributed by atoms with Crippen molar-refractivity contribution in [2.75, 3.05) is 43.1 Å². The van der Waals surface area contributed by atoms with E-state index in [2.05, 4.69) is 16.4 Å². The molecule has 1 amide bonds. The molecule has 1 fully saturated rings. The molecule has 2 aliphatic rings. The van der Waals surface area contributed by atoms with E-state index < -0.39 is 0 Å². The molecule has 0 aliphatic carbocycles. The van der Waals surface area contributed by atoms with E-state index in [-0.39, 0.29) is 17.9 Å². The van der Waals surface area contributed by atoms with Crippen molar-refractivity contribution in [1.29, 1.82) is 0 Å². The highest BCUT2D eigenvalue weighted by molar-refractivity contribution is 6.07. The number of aliphatic hydroxyl groups excluding tert-OH is 1. The Kier molecular flexibility index (Phi) is 4.15. The highest BCUT2D eigenvalue weighted by atomic mass is 16.5. The van der Waals surface area contributed by atoms with E-state index >= 15 is 0 Å². The van der Waals surface area contributed by atoms with Gasteiger partial charge in [-0.2, -0.15) is 0 Å². The average molecular weight is 339 g/mol. The van der Waals surface area contributed by atoms with Crippen LogP contribution >= 0.6 is 0 Å². The van der Waals surface area contributed by atoms with Crippen molar-refractivity contribution in [1.82, 2.24) is 4.98 Å². The second-order valence-corrected chi connectivity index (χ2v) is 6.77. The Morgan fingerprint density at radius 3 is 2.80 bits per heavy atom. The van der Waals surface area contributed by atoms with Gasteiger partial charge in [-0.15, -0.1) is 0 Å². The standard InChI is InChI=1S/C19H21N3O3/c23-11-19(12-25-13-19)10-21-17-6-5-15(9-20-17)18(24)22-8-7-14-3-1-2-4-16(14)22/h1-6,9,23H,7-8,10-13H2,(H,20,21). The van der Waals surface area contributed by atoms with Gasteiger partial charge in [0.2, 0.25) is 0 Å². The maximum absolute atomic E-state index is 12.8. The summed E-state index contributed by atoms with van der Waals surface area (Å²) in [6.07, 6.45) is 2.49. The molecule has 1 saturated heterocycles. The van der Waals surface area contributed by atoms with Gasteiger partial charge in [0.15, 0.2) is 0 Å². The Hall–Kier alpha value is -2.44. The summed E-state index contributed by atoms with van der Waals surface area (Å²) < 4.78 is 5.18. The molecule has 1 aromatic carbocycles. The van der Waals surface area contributed by atoms with Crippen LogP contribution in [0.25, 0.3) is 0 Å². The highest BCUT2D eigenvalue weighted by Gasteiger charge is 2.37. The third kappa shape index (κ3) is 2.99. The summed E-state index contributed by atoms with van der Waals surface area (Å²) >= 11 is 0. The van der Waals surface area contributed by atoms with Gasteiger partial charge < -0.3 is 20.1 Å². The van der Waals surface area contributed by atoms with Gasteiger partial charge in [0.05, 0.1) is 30.8 Å². The average Bonchev–Trinajstić information content (AvgIpc) is 3.05. The zero-order chi connectivity index (χ0) is 17.3. The maximum atomic E-state index is 12.8. The summed E-state index contributed by atoms with van der Waals surface area (Å²) in [7, 11) is 0. The first-order valence-electron chi connectivity index (χ1n) is 8.49. The molecule has 6 heteroatoms. The molecule has 6 nitrogen and oxygen atoms in total. The van der Waals surface area contributed by atoms with E-state index in [1.54, 1.807) is 18.3 Å². The molecule has 1 aromatic heterocycles. The number of hydrogen-bond donors (Lipinski definition) is 2. The van der Waals surface area contributed by atoms with Gasteiger partial charge in [-0.3, -0.25) is 4.79 Å². The normalized spacial score (nSPS) is 17.7. The second-order valence-electron chi connectivity index (χ2n) is 6.77. The Balaban J connectivity index is 1.43. The van der Waals surface area contributed by atoms with Gasteiger partial charge in [0.25, 0.3) is 5.91 Å². The summed E-state index contributed by atoms with van der Waals surface area (Å²) in [4.78, 5) is 18.9. The van der Waals surface area contributed by atoms with Crippen molar-refractivity contribution in [3.8, 4) is 0 Å². The van der Waals surface area contributed by atoms with Crippen LogP contribution in [0.1, 0.15) is 15.9 Å². The fourth-order valence-electron chi connectivity index (χ4n) is 3.25. The lowest BCUT2D eigenvalue weighted by atomic mass is 9.87. The number of nitrogens with one attached hydrogen (secondary N) is 1. The van der Waals surface area contributed by atoms with E-state index in [4.69, 9.17) is 4.74 Å². The summed E-state index contributed by atoms with van der Waals surface area (Å²) in [5.41, 5.74) is 2.56. The lowest BCUT2D eigenvalue weighted by Crippen LogP contribution is -2.50. The third-order valence-corrected chi connectivity index (χ3v) is 4.94. The highest BCUT2D eigenvalue weighted by Crippen LogP contribution is 2.29. The molecular formula is C19H21N3O3. The van der Waals surface area contributed by atoms with Crippen LogP contribution in [0.5, 0.6) is 0 Å². The first kappa shape index (κ1) is 16.1. The molecule has 25 heavy (non-hydrogen) atoms. The summed E-state index contributed by atoms with van der Waals surface area (Å²) in [5.74, 6) is 0.668. The van der Waals surface area contributed by atoms with Crippen LogP contribution in [-0.2, 0) is 11.2 Å². The summed E-state index contributed by atoms with van der Waals surface area (Å²) in [5, 5.41) is 12.7. The Labute approximate surface area is 146 Å². The number of carbonyl (C=O) groups is 1. The van der Waals surface area contributed by atoms with Crippen LogP contribution in [0, 0.1) is 5.41 Å². The minimum absolute atomic E-state index is 0.0248. The number of para-hydroxylation sites is 1. The molecule has 0 bridgehead atoms. The van der Waals surface area contributed by atoms with Crippen molar-refractivity contribution >= 4 is 17.4 Å². The predicted molar refractivity (Wildman–Crippen MR) is 94.9 cm³/mol. The number of anilines is 2.